The second kappa shape index (κ2) is 4.69. The SMILES string of the molecule is N#Cc1ccc(NCc2cn[nH]c2)c(Cl)c1. The second-order valence-corrected chi connectivity index (χ2v) is 3.67. The minimum Gasteiger partial charge on any atom is -0.380 e. The van der Waals surface area contributed by atoms with Crippen molar-refractivity contribution in [3.63, 3.8) is 0 Å². The Labute approximate surface area is 97.9 Å². The van der Waals surface area contributed by atoms with E-state index in [4.69, 9.17) is 16.9 Å². The highest BCUT2D eigenvalue weighted by atomic mass is 35.5. The highest BCUT2D eigenvalue weighted by molar-refractivity contribution is 6.33. The Balaban J connectivity index is 2.08. The number of H-pyrrole nitrogens is 1. The molecule has 0 saturated carbocycles. The minimum atomic E-state index is 0.544. The molecule has 1 heterocycles. The smallest absolute Gasteiger partial charge is 0.0992 e. The number of hydrogen-bond donors (Lipinski definition) is 2. The van der Waals surface area contributed by atoms with Gasteiger partial charge in [0.2, 0.25) is 0 Å². The molecular formula is C11H9ClN4. The molecule has 1 aromatic carbocycles. The van der Waals surface area contributed by atoms with Crippen molar-refractivity contribution in [2.75, 3.05) is 5.32 Å². The fourth-order valence-electron chi connectivity index (χ4n) is 1.30. The third-order valence-corrected chi connectivity index (χ3v) is 2.45. The maximum Gasteiger partial charge on any atom is 0.0992 e. The third kappa shape index (κ3) is 2.33. The summed E-state index contributed by atoms with van der Waals surface area (Å²) in [7, 11) is 0. The molecule has 1 aromatic heterocycles. The molecule has 0 saturated heterocycles. The van der Waals surface area contributed by atoms with Gasteiger partial charge in [0, 0.05) is 18.3 Å². The molecule has 0 aliphatic carbocycles. The molecule has 0 amide bonds. The highest BCUT2D eigenvalue weighted by Gasteiger charge is 2.01. The van der Waals surface area contributed by atoms with Gasteiger partial charge in [0.1, 0.15) is 0 Å². The molecule has 0 bridgehead atoms. The molecule has 0 unspecified atom stereocenters. The van der Waals surface area contributed by atoms with Gasteiger partial charge in [-0.05, 0) is 18.2 Å². The summed E-state index contributed by atoms with van der Waals surface area (Å²) < 4.78 is 0. The molecule has 0 fully saturated rings. The zero-order chi connectivity index (χ0) is 11.4. The standard InChI is InChI=1S/C11H9ClN4/c12-10-3-8(4-13)1-2-11(10)14-5-9-6-15-16-7-9/h1-3,6-7,14H,5H2,(H,15,16). The summed E-state index contributed by atoms with van der Waals surface area (Å²) in [5, 5.41) is 19.0. The average molecular weight is 233 g/mol. The monoisotopic (exact) mass is 232 g/mol. The van der Waals surface area contributed by atoms with Gasteiger partial charge in [0.05, 0.1) is 28.5 Å². The largest absolute Gasteiger partial charge is 0.380 e. The number of hydrogen-bond acceptors (Lipinski definition) is 3. The first-order chi connectivity index (χ1) is 7.79. The van der Waals surface area contributed by atoms with Crippen LogP contribution >= 0.6 is 11.6 Å². The summed E-state index contributed by atoms with van der Waals surface area (Å²) in [4.78, 5) is 0. The van der Waals surface area contributed by atoms with Gasteiger partial charge in [-0.1, -0.05) is 11.6 Å². The first-order valence-electron chi connectivity index (χ1n) is 4.71. The van der Waals surface area contributed by atoms with Gasteiger partial charge in [-0.15, -0.1) is 0 Å². The van der Waals surface area contributed by atoms with Crippen molar-refractivity contribution in [2.24, 2.45) is 0 Å². The summed E-state index contributed by atoms with van der Waals surface area (Å²) in [6.07, 6.45) is 3.55. The lowest BCUT2D eigenvalue weighted by atomic mass is 10.2. The molecule has 80 valence electrons. The highest BCUT2D eigenvalue weighted by Crippen LogP contribution is 2.23. The lowest BCUT2D eigenvalue weighted by Crippen LogP contribution is -1.98. The number of nitrogens with zero attached hydrogens (tertiary/aromatic N) is 2. The van der Waals surface area contributed by atoms with Crippen LogP contribution in [0.5, 0.6) is 0 Å². The number of benzene rings is 1. The predicted octanol–water partition coefficient (Wildman–Crippen LogP) is 2.55. The van der Waals surface area contributed by atoms with Crippen LogP contribution in [0.4, 0.5) is 5.69 Å². The zero-order valence-corrected chi connectivity index (χ0v) is 9.12. The molecule has 2 aromatic rings. The summed E-state index contributed by atoms with van der Waals surface area (Å²) in [6.45, 7) is 0.641. The fraction of sp³-hybridized carbons (Fsp3) is 0.0909. The molecular weight excluding hydrogens is 224 g/mol. The number of rotatable bonds is 3. The maximum absolute atomic E-state index is 8.69. The third-order valence-electron chi connectivity index (χ3n) is 2.14. The van der Waals surface area contributed by atoms with Crippen molar-refractivity contribution in [3.8, 4) is 6.07 Å². The van der Waals surface area contributed by atoms with Gasteiger partial charge in [0.25, 0.3) is 0 Å². The van der Waals surface area contributed by atoms with Crippen LogP contribution in [0.25, 0.3) is 0 Å². The Morgan fingerprint density at radius 3 is 3.00 bits per heavy atom. The van der Waals surface area contributed by atoms with E-state index in [2.05, 4.69) is 15.5 Å². The lowest BCUT2D eigenvalue weighted by molar-refractivity contribution is 1.09. The van der Waals surface area contributed by atoms with Crippen LogP contribution in [0.2, 0.25) is 5.02 Å². The van der Waals surface area contributed by atoms with Crippen LogP contribution in [0.1, 0.15) is 11.1 Å². The summed E-state index contributed by atoms with van der Waals surface area (Å²) >= 11 is 6.01. The van der Waals surface area contributed by atoms with E-state index in [0.29, 0.717) is 17.1 Å². The molecule has 0 atom stereocenters. The summed E-state index contributed by atoms with van der Waals surface area (Å²) in [5.41, 5.74) is 2.40. The van der Waals surface area contributed by atoms with Crippen molar-refractivity contribution in [1.29, 1.82) is 5.26 Å². The first kappa shape index (κ1) is 10.5. The molecule has 0 radical (unpaired) electrons. The minimum absolute atomic E-state index is 0.544. The van der Waals surface area contributed by atoms with E-state index in [9.17, 15) is 0 Å². The van der Waals surface area contributed by atoms with Gasteiger partial charge in [-0.2, -0.15) is 10.4 Å². The van der Waals surface area contributed by atoms with E-state index in [1.54, 1.807) is 24.4 Å². The van der Waals surface area contributed by atoms with E-state index >= 15 is 0 Å². The van der Waals surface area contributed by atoms with Crippen LogP contribution in [0.15, 0.2) is 30.6 Å². The molecule has 16 heavy (non-hydrogen) atoms. The lowest BCUT2D eigenvalue weighted by Gasteiger charge is -2.06. The zero-order valence-electron chi connectivity index (χ0n) is 8.37. The molecule has 0 spiro atoms. The molecule has 2 N–H and O–H groups in total. The Morgan fingerprint density at radius 1 is 1.50 bits per heavy atom. The Hall–Kier alpha value is -1.99. The Morgan fingerprint density at radius 2 is 2.38 bits per heavy atom. The van der Waals surface area contributed by atoms with Gasteiger partial charge < -0.3 is 5.32 Å². The second-order valence-electron chi connectivity index (χ2n) is 3.27. The number of halogens is 1. The van der Waals surface area contributed by atoms with E-state index < -0.39 is 0 Å². The Bertz CT molecular complexity index is 513. The maximum atomic E-state index is 8.69. The quantitative estimate of drug-likeness (QED) is 0.855. The van der Waals surface area contributed by atoms with Gasteiger partial charge >= 0.3 is 0 Å². The molecule has 2 rings (SSSR count). The number of aromatic amines is 1. The van der Waals surface area contributed by atoms with Crippen LogP contribution in [0, 0.1) is 11.3 Å². The summed E-state index contributed by atoms with van der Waals surface area (Å²) in [6, 6.07) is 7.19. The van der Waals surface area contributed by atoms with Crippen molar-refractivity contribution < 1.29 is 0 Å². The van der Waals surface area contributed by atoms with E-state index in [1.165, 1.54) is 0 Å². The fourth-order valence-corrected chi connectivity index (χ4v) is 1.55. The van der Waals surface area contributed by atoms with Crippen LogP contribution in [-0.2, 0) is 6.54 Å². The molecule has 0 aliphatic heterocycles. The van der Waals surface area contributed by atoms with Gasteiger partial charge in [-0.3, -0.25) is 5.10 Å². The predicted molar refractivity (Wildman–Crippen MR) is 62.1 cm³/mol. The van der Waals surface area contributed by atoms with Crippen molar-refractivity contribution in [2.45, 2.75) is 6.54 Å². The Kier molecular flexibility index (Phi) is 3.08. The van der Waals surface area contributed by atoms with Gasteiger partial charge in [0.15, 0.2) is 0 Å². The molecule has 4 nitrogen and oxygen atoms in total. The number of nitrogens with one attached hydrogen (secondary N) is 2. The number of anilines is 1. The van der Waals surface area contributed by atoms with E-state index in [0.717, 1.165) is 11.3 Å². The molecule has 0 aliphatic rings. The van der Waals surface area contributed by atoms with E-state index in [-0.39, 0.29) is 0 Å². The first-order valence-corrected chi connectivity index (χ1v) is 5.08. The normalized spacial score (nSPS) is 9.75. The van der Waals surface area contributed by atoms with Crippen LogP contribution < -0.4 is 5.32 Å². The topological polar surface area (TPSA) is 64.5 Å². The average Bonchev–Trinajstić information content (AvgIpc) is 2.80. The van der Waals surface area contributed by atoms with Crippen molar-refractivity contribution >= 4 is 17.3 Å². The number of aromatic nitrogens is 2. The van der Waals surface area contributed by atoms with Crippen LogP contribution in [0.3, 0.4) is 0 Å². The summed E-state index contributed by atoms with van der Waals surface area (Å²) in [5.74, 6) is 0. The van der Waals surface area contributed by atoms with Crippen molar-refractivity contribution in [1.82, 2.24) is 10.2 Å². The van der Waals surface area contributed by atoms with Crippen LogP contribution in [-0.4, -0.2) is 10.2 Å². The van der Waals surface area contributed by atoms with Crippen molar-refractivity contribution in [3.05, 3.63) is 46.7 Å². The van der Waals surface area contributed by atoms with E-state index in [1.807, 2.05) is 12.3 Å². The molecule has 5 heteroatoms. The number of nitriles is 1. The van der Waals surface area contributed by atoms with Gasteiger partial charge in [-0.25, -0.2) is 0 Å².